The summed E-state index contributed by atoms with van der Waals surface area (Å²) in [7, 11) is 0. The lowest BCUT2D eigenvalue weighted by Gasteiger charge is -2.24. The van der Waals surface area contributed by atoms with Crippen LogP contribution < -0.4 is 5.32 Å². The normalized spacial score (nSPS) is 23.7. The molecule has 0 spiro atoms. The fourth-order valence-electron chi connectivity index (χ4n) is 1.54. The van der Waals surface area contributed by atoms with Gasteiger partial charge in [0.1, 0.15) is 0 Å². The van der Waals surface area contributed by atoms with Gasteiger partial charge in [-0.2, -0.15) is 0 Å². The summed E-state index contributed by atoms with van der Waals surface area (Å²) in [5.74, 6) is 1.75. The lowest BCUT2D eigenvalue weighted by atomic mass is 10.1. The van der Waals surface area contributed by atoms with Gasteiger partial charge in [-0.05, 0) is 56.8 Å². The molecule has 2 rings (SSSR count). The Morgan fingerprint density at radius 2 is 1.83 bits per heavy atom. The Morgan fingerprint density at radius 1 is 1.22 bits per heavy atom. The van der Waals surface area contributed by atoms with E-state index in [1.165, 1.54) is 0 Å². The fraction of sp³-hybridized carbons (Fsp3) is 0.417. The summed E-state index contributed by atoms with van der Waals surface area (Å²) in [5.41, 5.74) is 1.02. The van der Waals surface area contributed by atoms with Gasteiger partial charge in [-0.15, -0.1) is 0 Å². The largest absolute Gasteiger partial charge is 0.333 e. The minimum Gasteiger partial charge on any atom is -0.333 e. The standard InChI is InChI=1S/C12H13Br3N2S/c1-6-5-18-12(16-7(6)2)17-11-9(14)3-8(13)4-10(11)15/h3-4,6-7H,5H2,1-2H3,(H,16,17). The molecule has 1 aromatic rings. The van der Waals surface area contributed by atoms with Crippen molar-refractivity contribution in [1.82, 2.24) is 0 Å². The molecule has 0 amide bonds. The maximum Gasteiger partial charge on any atom is 0.161 e. The third-order valence-corrected chi connectivity index (χ3v) is 5.75. The molecule has 1 N–H and O–H groups in total. The number of benzene rings is 1. The first-order valence-electron chi connectivity index (χ1n) is 5.59. The topological polar surface area (TPSA) is 24.4 Å². The summed E-state index contributed by atoms with van der Waals surface area (Å²) in [6.07, 6.45) is 0. The number of thioether (sulfide) groups is 1. The molecule has 2 nitrogen and oxygen atoms in total. The van der Waals surface area contributed by atoms with Crippen LogP contribution in [0.5, 0.6) is 0 Å². The molecule has 0 saturated carbocycles. The highest BCUT2D eigenvalue weighted by Crippen LogP contribution is 2.35. The average molecular weight is 457 g/mol. The molecular formula is C12H13Br3N2S. The first-order chi connectivity index (χ1) is 8.47. The molecule has 98 valence electrons. The van der Waals surface area contributed by atoms with Crippen molar-refractivity contribution in [1.29, 1.82) is 0 Å². The minimum absolute atomic E-state index is 0.377. The Bertz CT molecular complexity index is 467. The maximum absolute atomic E-state index is 4.68. The van der Waals surface area contributed by atoms with Crippen molar-refractivity contribution in [2.75, 3.05) is 11.1 Å². The van der Waals surface area contributed by atoms with Crippen LogP contribution in [0.15, 0.2) is 30.5 Å². The molecule has 6 heteroatoms. The summed E-state index contributed by atoms with van der Waals surface area (Å²) in [6.45, 7) is 4.40. The van der Waals surface area contributed by atoms with Crippen LogP contribution in [0.25, 0.3) is 0 Å². The minimum atomic E-state index is 0.377. The third kappa shape index (κ3) is 3.52. The average Bonchev–Trinajstić information content (AvgIpc) is 2.28. The van der Waals surface area contributed by atoms with Gasteiger partial charge in [-0.3, -0.25) is 4.99 Å². The molecule has 2 unspecified atom stereocenters. The molecule has 1 heterocycles. The van der Waals surface area contributed by atoms with Crippen molar-refractivity contribution in [3.63, 3.8) is 0 Å². The van der Waals surface area contributed by atoms with Gasteiger partial charge in [0, 0.05) is 19.2 Å². The number of hydrogen-bond donors (Lipinski definition) is 1. The van der Waals surface area contributed by atoms with Gasteiger partial charge in [-0.1, -0.05) is 34.6 Å². The van der Waals surface area contributed by atoms with Crippen LogP contribution in [0.1, 0.15) is 13.8 Å². The molecule has 2 atom stereocenters. The Morgan fingerprint density at radius 3 is 2.39 bits per heavy atom. The highest BCUT2D eigenvalue weighted by molar-refractivity contribution is 9.11. The van der Waals surface area contributed by atoms with Crippen LogP contribution in [0.4, 0.5) is 5.69 Å². The molecule has 0 radical (unpaired) electrons. The van der Waals surface area contributed by atoms with Gasteiger partial charge in [0.2, 0.25) is 0 Å². The predicted octanol–water partition coefficient (Wildman–Crippen LogP) is 5.51. The zero-order valence-electron chi connectivity index (χ0n) is 10.0. The number of nitrogens with one attached hydrogen (secondary N) is 1. The number of hydrogen-bond acceptors (Lipinski definition) is 3. The number of amidine groups is 1. The molecule has 0 fully saturated rings. The van der Waals surface area contributed by atoms with Crippen molar-refractivity contribution >= 4 is 70.4 Å². The molecule has 0 aliphatic carbocycles. The Labute approximate surface area is 137 Å². The van der Waals surface area contributed by atoms with E-state index in [4.69, 9.17) is 0 Å². The smallest absolute Gasteiger partial charge is 0.161 e. The third-order valence-electron chi connectivity index (χ3n) is 2.87. The van der Waals surface area contributed by atoms with E-state index < -0.39 is 0 Å². The predicted molar refractivity (Wildman–Crippen MR) is 91.7 cm³/mol. The van der Waals surface area contributed by atoms with Crippen molar-refractivity contribution in [2.24, 2.45) is 10.9 Å². The molecule has 0 aromatic heterocycles. The van der Waals surface area contributed by atoms with Gasteiger partial charge < -0.3 is 5.32 Å². The number of halogens is 3. The van der Waals surface area contributed by atoms with E-state index in [9.17, 15) is 0 Å². The summed E-state index contributed by atoms with van der Waals surface area (Å²) in [5, 5.41) is 4.38. The van der Waals surface area contributed by atoms with E-state index in [1.54, 1.807) is 11.8 Å². The van der Waals surface area contributed by atoms with Crippen molar-refractivity contribution in [3.05, 3.63) is 25.6 Å². The van der Waals surface area contributed by atoms with E-state index >= 15 is 0 Å². The second kappa shape index (κ2) is 6.29. The molecule has 1 aromatic carbocycles. The summed E-state index contributed by atoms with van der Waals surface area (Å²) in [4.78, 5) is 4.68. The Balaban J connectivity index is 2.23. The van der Waals surface area contributed by atoms with Gasteiger partial charge in [0.25, 0.3) is 0 Å². The number of nitrogens with zero attached hydrogens (tertiary/aromatic N) is 1. The fourth-order valence-corrected chi connectivity index (χ4v) is 5.11. The molecule has 1 aliphatic rings. The Kier molecular flexibility index (Phi) is 5.20. The van der Waals surface area contributed by atoms with Crippen molar-refractivity contribution in [3.8, 4) is 0 Å². The van der Waals surface area contributed by atoms with Gasteiger partial charge in [0.05, 0.1) is 11.7 Å². The highest BCUT2D eigenvalue weighted by atomic mass is 79.9. The van der Waals surface area contributed by atoms with Crippen LogP contribution in [0.3, 0.4) is 0 Å². The van der Waals surface area contributed by atoms with E-state index in [-0.39, 0.29) is 0 Å². The van der Waals surface area contributed by atoms with Crippen LogP contribution in [0, 0.1) is 5.92 Å². The highest BCUT2D eigenvalue weighted by Gasteiger charge is 2.20. The lowest BCUT2D eigenvalue weighted by Crippen LogP contribution is -2.25. The van der Waals surface area contributed by atoms with Gasteiger partial charge >= 0.3 is 0 Å². The zero-order chi connectivity index (χ0) is 13.3. The van der Waals surface area contributed by atoms with Crippen molar-refractivity contribution in [2.45, 2.75) is 19.9 Å². The first-order valence-corrected chi connectivity index (χ1v) is 8.96. The summed E-state index contributed by atoms with van der Waals surface area (Å²) in [6, 6.07) is 4.42. The van der Waals surface area contributed by atoms with Crippen LogP contribution in [-0.2, 0) is 0 Å². The van der Waals surface area contributed by atoms with Gasteiger partial charge in [-0.25, -0.2) is 0 Å². The molecule has 1 aliphatic heterocycles. The number of rotatable bonds is 1. The second-order valence-electron chi connectivity index (χ2n) is 4.33. The number of aliphatic imine (C=N–C) groups is 1. The van der Waals surface area contributed by atoms with Crippen molar-refractivity contribution < 1.29 is 0 Å². The molecular weight excluding hydrogens is 444 g/mol. The Hall–Kier alpha value is 0.480. The van der Waals surface area contributed by atoms with E-state index in [0.29, 0.717) is 12.0 Å². The van der Waals surface area contributed by atoms with Crippen LogP contribution in [0.2, 0.25) is 0 Å². The van der Waals surface area contributed by atoms with Gasteiger partial charge in [0.15, 0.2) is 5.17 Å². The summed E-state index contributed by atoms with van der Waals surface area (Å²) >= 11 is 12.4. The molecule has 0 saturated heterocycles. The summed E-state index contributed by atoms with van der Waals surface area (Å²) < 4.78 is 3.06. The van der Waals surface area contributed by atoms with E-state index in [0.717, 1.165) is 30.0 Å². The van der Waals surface area contributed by atoms with Crippen LogP contribution >= 0.6 is 59.6 Å². The first kappa shape index (κ1) is 14.9. The molecule has 18 heavy (non-hydrogen) atoms. The zero-order valence-corrected chi connectivity index (χ0v) is 15.6. The maximum atomic E-state index is 4.68. The quantitative estimate of drug-likeness (QED) is 0.602. The second-order valence-corrected chi connectivity index (χ2v) is 7.97. The monoisotopic (exact) mass is 454 g/mol. The SMILES string of the molecule is CC1CSC(Nc2c(Br)cc(Br)cc2Br)=NC1C. The molecule has 0 bridgehead atoms. The van der Waals surface area contributed by atoms with E-state index in [1.807, 2.05) is 12.1 Å². The lowest BCUT2D eigenvalue weighted by molar-refractivity contribution is 0.537. The number of anilines is 1. The van der Waals surface area contributed by atoms with Crippen LogP contribution in [-0.4, -0.2) is 17.0 Å². The van der Waals surface area contributed by atoms with E-state index in [2.05, 4.69) is 71.9 Å².